The van der Waals surface area contributed by atoms with E-state index >= 15 is 0 Å². The van der Waals surface area contributed by atoms with Crippen molar-refractivity contribution in [3.8, 4) is 0 Å². The number of pyridine rings is 1. The number of carbonyl (C=O) groups is 1. The van der Waals surface area contributed by atoms with Crippen molar-refractivity contribution < 1.29 is 9.53 Å². The lowest BCUT2D eigenvalue weighted by Crippen LogP contribution is -2.13. The predicted molar refractivity (Wildman–Crippen MR) is 59.0 cm³/mol. The zero-order chi connectivity index (χ0) is 11.3. The van der Waals surface area contributed by atoms with E-state index in [2.05, 4.69) is 20.4 Å². The number of anilines is 2. The molecule has 1 aromatic rings. The van der Waals surface area contributed by atoms with Crippen LogP contribution in [0.1, 0.15) is 13.8 Å². The van der Waals surface area contributed by atoms with Crippen LogP contribution in [-0.4, -0.2) is 24.2 Å². The van der Waals surface area contributed by atoms with Gasteiger partial charge in [-0.05, 0) is 26.0 Å². The molecule has 0 aromatic carbocycles. The van der Waals surface area contributed by atoms with Crippen molar-refractivity contribution in [3.63, 3.8) is 0 Å². The number of nitrogens with zero attached hydrogens (tertiary/aromatic N) is 1. The van der Waals surface area contributed by atoms with Crippen molar-refractivity contribution >= 4 is 17.6 Å². The van der Waals surface area contributed by atoms with Crippen molar-refractivity contribution in [2.24, 2.45) is 0 Å². The first kappa shape index (κ1) is 11.3. The standard InChI is InChI=1S/C10H15N3O2/c1-7(2)12-9-5-4-8(6-11-9)13-10(14)15-3/h4-7H,1-3H3,(H,11,12)(H,13,14). The molecule has 2 N–H and O–H groups in total. The van der Waals surface area contributed by atoms with Gasteiger partial charge in [0, 0.05) is 6.04 Å². The molecule has 15 heavy (non-hydrogen) atoms. The van der Waals surface area contributed by atoms with Crippen LogP contribution >= 0.6 is 0 Å². The van der Waals surface area contributed by atoms with Gasteiger partial charge in [-0.15, -0.1) is 0 Å². The van der Waals surface area contributed by atoms with Gasteiger partial charge in [0.05, 0.1) is 19.0 Å². The molecule has 0 unspecified atom stereocenters. The SMILES string of the molecule is COC(=O)Nc1ccc(NC(C)C)nc1. The Labute approximate surface area is 88.9 Å². The van der Waals surface area contributed by atoms with Crippen LogP contribution in [0.3, 0.4) is 0 Å². The van der Waals surface area contributed by atoms with Gasteiger partial charge in [-0.1, -0.05) is 0 Å². The van der Waals surface area contributed by atoms with Gasteiger partial charge in [-0.2, -0.15) is 0 Å². The fourth-order valence-electron chi connectivity index (χ4n) is 1.02. The third-order valence-electron chi connectivity index (χ3n) is 1.63. The molecule has 5 heteroatoms. The van der Waals surface area contributed by atoms with Crippen molar-refractivity contribution in [2.75, 3.05) is 17.7 Å². The lowest BCUT2D eigenvalue weighted by atomic mass is 10.3. The number of methoxy groups -OCH3 is 1. The Balaban J connectivity index is 2.60. The van der Waals surface area contributed by atoms with E-state index < -0.39 is 6.09 Å². The van der Waals surface area contributed by atoms with Gasteiger partial charge in [0.15, 0.2) is 0 Å². The Hall–Kier alpha value is -1.78. The summed E-state index contributed by atoms with van der Waals surface area (Å²) in [5.74, 6) is 0.778. The molecule has 1 heterocycles. The van der Waals surface area contributed by atoms with Gasteiger partial charge in [0.25, 0.3) is 0 Å². The van der Waals surface area contributed by atoms with Crippen LogP contribution in [0.4, 0.5) is 16.3 Å². The topological polar surface area (TPSA) is 63.2 Å². The maximum atomic E-state index is 10.9. The number of aromatic nitrogens is 1. The monoisotopic (exact) mass is 209 g/mol. The summed E-state index contributed by atoms with van der Waals surface area (Å²) in [7, 11) is 1.32. The third kappa shape index (κ3) is 3.84. The molecular formula is C10H15N3O2. The summed E-state index contributed by atoms with van der Waals surface area (Å²) in [6.45, 7) is 4.06. The first-order chi connectivity index (χ1) is 7.11. The van der Waals surface area contributed by atoms with Crippen LogP contribution < -0.4 is 10.6 Å². The van der Waals surface area contributed by atoms with E-state index in [4.69, 9.17) is 0 Å². The van der Waals surface area contributed by atoms with E-state index in [0.29, 0.717) is 11.7 Å². The maximum Gasteiger partial charge on any atom is 0.411 e. The zero-order valence-electron chi connectivity index (χ0n) is 9.07. The van der Waals surface area contributed by atoms with E-state index in [1.807, 2.05) is 13.8 Å². The van der Waals surface area contributed by atoms with Gasteiger partial charge in [-0.25, -0.2) is 9.78 Å². The van der Waals surface area contributed by atoms with Crippen LogP contribution in [0.5, 0.6) is 0 Å². The van der Waals surface area contributed by atoms with E-state index in [1.54, 1.807) is 18.3 Å². The summed E-state index contributed by atoms with van der Waals surface area (Å²) in [6.07, 6.45) is 1.07. The van der Waals surface area contributed by atoms with Crippen molar-refractivity contribution in [2.45, 2.75) is 19.9 Å². The van der Waals surface area contributed by atoms with Crippen molar-refractivity contribution in [1.29, 1.82) is 0 Å². The summed E-state index contributed by atoms with van der Waals surface area (Å²) < 4.78 is 4.46. The van der Waals surface area contributed by atoms with Crippen LogP contribution in [0.2, 0.25) is 0 Å². The second-order valence-electron chi connectivity index (χ2n) is 3.35. The molecule has 0 saturated carbocycles. The fraction of sp³-hybridized carbons (Fsp3) is 0.400. The first-order valence-corrected chi connectivity index (χ1v) is 4.69. The summed E-state index contributed by atoms with van der Waals surface area (Å²) in [5, 5.41) is 5.66. The molecule has 0 spiro atoms. The second kappa shape index (κ2) is 5.19. The highest BCUT2D eigenvalue weighted by atomic mass is 16.5. The first-order valence-electron chi connectivity index (χ1n) is 4.69. The molecule has 0 radical (unpaired) electrons. The van der Waals surface area contributed by atoms with E-state index in [9.17, 15) is 4.79 Å². The lowest BCUT2D eigenvalue weighted by molar-refractivity contribution is 0.187. The summed E-state index contributed by atoms with van der Waals surface area (Å²) >= 11 is 0. The number of hydrogen-bond acceptors (Lipinski definition) is 4. The second-order valence-corrected chi connectivity index (χ2v) is 3.35. The average Bonchev–Trinajstić information content (AvgIpc) is 2.20. The van der Waals surface area contributed by atoms with Gasteiger partial charge < -0.3 is 10.1 Å². The Morgan fingerprint density at radius 1 is 1.47 bits per heavy atom. The van der Waals surface area contributed by atoms with Crippen LogP contribution in [0.25, 0.3) is 0 Å². The smallest absolute Gasteiger partial charge is 0.411 e. The maximum absolute atomic E-state index is 10.9. The highest BCUT2D eigenvalue weighted by Crippen LogP contribution is 2.10. The molecule has 1 aromatic heterocycles. The van der Waals surface area contributed by atoms with E-state index in [-0.39, 0.29) is 0 Å². The summed E-state index contributed by atoms with van der Waals surface area (Å²) in [4.78, 5) is 15.0. The predicted octanol–water partition coefficient (Wildman–Crippen LogP) is 2.08. The van der Waals surface area contributed by atoms with Crippen molar-refractivity contribution in [1.82, 2.24) is 4.98 Å². The Morgan fingerprint density at radius 2 is 2.20 bits per heavy atom. The lowest BCUT2D eigenvalue weighted by Gasteiger charge is -2.09. The molecule has 1 rings (SSSR count). The van der Waals surface area contributed by atoms with Gasteiger partial charge in [0.2, 0.25) is 0 Å². The Bertz CT molecular complexity index is 322. The minimum atomic E-state index is -0.499. The minimum absolute atomic E-state index is 0.330. The largest absolute Gasteiger partial charge is 0.453 e. The molecular weight excluding hydrogens is 194 g/mol. The molecule has 0 fully saturated rings. The molecule has 0 atom stereocenters. The minimum Gasteiger partial charge on any atom is -0.453 e. The Kier molecular flexibility index (Phi) is 3.91. The van der Waals surface area contributed by atoms with Crippen LogP contribution in [0.15, 0.2) is 18.3 Å². The summed E-state index contributed by atoms with van der Waals surface area (Å²) in [5.41, 5.74) is 0.608. The van der Waals surface area contributed by atoms with E-state index in [0.717, 1.165) is 5.82 Å². The number of ether oxygens (including phenoxy) is 1. The highest BCUT2D eigenvalue weighted by Gasteiger charge is 2.01. The highest BCUT2D eigenvalue weighted by molar-refractivity contribution is 5.84. The fourth-order valence-corrected chi connectivity index (χ4v) is 1.02. The van der Waals surface area contributed by atoms with E-state index in [1.165, 1.54) is 7.11 Å². The van der Waals surface area contributed by atoms with Crippen LogP contribution in [-0.2, 0) is 4.74 Å². The third-order valence-corrected chi connectivity index (χ3v) is 1.63. The number of amides is 1. The molecule has 5 nitrogen and oxygen atoms in total. The number of carbonyl (C=O) groups excluding carboxylic acids is 1. The molecule has 0 saturated heterocycles. The van der Waals surface area contributed by atoms with Crippen molar-refractivity contribution in [3.05, 3.63) is 18.3 Å². The quantitative estimate of drug-likeness (QED) is 0.800. The number of nitrogens with one attached hydrogen (secondary N) is 2. The molecule has 0 aliphatic heterocycles. The normalized spacial score (nSPS) is 9.87. The van der Waals surface area contributed by atoms with Crippen LogP contribution in [0, 0.1) is 0 Å². The summed E-state index contributed by atoms with van der Waals surface area (Å²) in [6, 6.07) is 3.89. The molecule has 0 bridgehead atoms. The average molecular weight is 209 g/mol. The molecule has 1 amide bonds. The number of hydrogen-bond donors (Lipinski definition) is 2. The van der Waals surface area contributed by atoms with Gasteiger partial charge in [0.1, 0.15) is 5.82 Å². The molecule has 0 aliphatic carbocycles. The van der Waals surface area contributed by atoms with Gasteiger partial charge >= 0.3 is 6.09 Å². The van der Waals surface area contributed by atoms with Gasteiger partial charge in [-0.3, -0.25) is 5.32 Å². The Morgan fingerprint density at radius 3 is 2.67 bits per heavy atom. The molecule has 82 valence electrons. The molecule has 0 aliphatic rings. The zero-order valence-corrected chi connectivity index (χ0v) is 9.07. The number of rotatable bonds is 3.